The van der Waals surface area contributed by atoms with Crippen LogP contribution in [0.25, 0.3) is 84.9 Å². The van der Waals surface area contributed by atoms with E-state index < -0.39 is 0 Å². The summed E-state index contributed by atoms with van der Waals surface area (Å²) in [5.74, 6) is 0. The lowest BCUT2D eigenvalue weighted by atomic mass is 9.31. The van der Waals surface area contributed by atoms with Gasteiger partial charge < -0.3 is 29.4 Å². The fourth-order valence-electron chi connectivity index (χ4n) is 20.0. The molecular formula is C102H62B2N6S2. The number of benzene rings is 17. The highest BCUT2D eigenvalue weighted by Crippen LogP contribution is 2.58. The summed E-state index contributed by atoms with van der Waals surface area (Å²) in [6.07, 6.45) is 0. The molecule has 8 heterocycles. The molecule has 518 valence electrons. The minimum atomic E-state index is -0.0165. The van der Waals surface area contributed by atoms with E-state index in [1.807, 2.05) is 22.7 Å². The van der Waals surface area contributed by atoms with E-state index in [1.165, 1.54) is 164 Å². The van der Waals surface area contributed by atoms with Crippen molar-refractivity contribution < 1.29 is 0 Å². The Morgan fingerprint density at radius 1 is 0.179 bits per heavy atom. The van der Waals surface area contributed by atoms with E-state index in [1.54, 1.807) is 0 Å². The molecule has 0 unspecified atom stereocenters. The minimum absolute atomic E-state index is 0.0165. The quantitative estimate of drug-likeness (QED) is 0.126. The van der Waals surface area contributed by atoms with E-state index in [-0.39, 0.29) is 13.4 Å². The molecule has 0 radical (unpaired) electrons. The van der Waals surface area contributed by atoms with Gasteiger partial charge in [0, 0.05) is 154 Å². The van der Waals surface area contributed by atoms with Crippen LogP contribution in [0.3, 0.4) is 0 Å². The SMILES string of the molecule is c1ccc(N2c3cccc4c3B3c5c2cccc5N(c2ccccc2)c2cc(-c5ccc(-c6c7sc8ccccc8c7c(-c7ccc(-c8cc9c%10c(c8)N(c8ccccc8)c8cccc%11c8B%10c8c(cccc8N9c8ccccc8)N%11c8ccccc8)cc7)c7sc8ccccc8c67)cc5)cc(c23)N4c2ccccc2)cc1. The molecule has 2 aromatic heterocycles. The number of hydrogen-bond donors (Lipinski definition) is 0. The lowest BCUT2D eigenvalue weighted by Gasteiger charge is -2.49. The van der Waals surface area contributed by atoms with E-state index in [0.717, 1.165) is 56.4 Å². The number of thiophene rings is 2. The number of hydrogen-bond acceptors (Lipinski definition) is 8. The zero-order valence-electron chi connectivity index (χ0n) is 60.5. The zero-order valence-corrected chi connectivity index (χ0v) is 62.1. The summed E-state index contributed by atoms with van der Waals surface area (Å²) in [6.45, 7) is -0.0330. The van der Waals surface area contributed by atoms with Crippen LogP contribution in [-0.4, -0.2) is 13.4 Å². The number of para-hydroxylation sites is 6. The Balaban J connectivity index is 0.660. The van der Waals surface area contributed by atoms with Gasteiger partial charge in [0.05, 0.1) is 0 Å². The van der Waals surface area contributed by atoms with Gasteiger partial charge in [0.2, 0.25) is 0 Å². The number of nitrogens with zero attached hydrogens (tertiary/aromatic N) is 6. The van der Waals surface area contributed by atoms with Crippen molar-refractivity contribution in [2.75, 3.05) is 29.4 Å². The fourth-order valence-corrected chi connectivity index (χ4v) is 22.5. The molecule has 25 rings (SSSR count). The predicted molar refractivity (Wildman–Crippen MR) is 478 cm³/mol. The summed E-state index contributed by atoms with van der Waals surface area (Å²) >= 11 is 3.85. The molecule has 0 fully saturated rings. The molecule has 0 saturated carbocycles. The standard InChI is InChI=1S/C102H62B2N6S2/c1-7-27-69(28-8-1)105-77-41-23-45-81-95(77)103-96-78(105)42-24-46-82(96)108(72-33-13-4-14-34-72)86-60-67(59-85(99(86)103)107(81)71-31-11-3-12-32-71)63-51-55-65(56-52-63)91-93-75-39-19-21-49-89(75)112-102(93)92(94-76-40-20-22-50-90(76)111-101(91)94)66-57-53-64(54-58-66)68-61-87-100-88(62-68)110(74-37-17-6-18-38-74)84-48-26-44-80-98(84)104(100)97-79(106(80)70-29-9-2-10-30-70)43-25-47-83(97)109(87)73-35-15-5-16-36-73/h1-62H. The second kappa shape index (κ2) is 23.8. The predicted octanol–water partition coefficient (Wildman–Crippen LogP) is 24.8. The average molecular weight is 1460 g/mol. The molecule has 112 heavy (non-hydrogen) atoms. The molecule has 0 amide bonds. The molecule has 6 aliphatic rings. The van der Waals surface area contributed by atoms with Crippen molar-refractivity contribution in [1.82, 2.24) is 0 Å². The van der Waals surface area contributed by atoms with Crippen LogP contribution in [0.5, 0.6) is 0 Å². The van der Waals surface area contributed by atoms with Crippen molar-refractivity contribution >= 4 is 212 Å². The highest BCUT2D eigenvalue weighted by molar-refractivity contribution is 7.28. The van der Waals surface area contributed by atoms with Gasteiger partial charge in [0.1, 0.15) is 0 Å². The van der Waals surface area contributed by atoms with Crippen molar-refractivity contribution in [3.05, 3.63) is 376 Å². The van der Waals surface area contributed by atoms with E-state index in [4.69, 9.17) is 0 Å². The second-order valence-electron chi connectivity index (χ2n) is 30.1. The Kier molecular flexibility index (Phi) is 13.2. The van der Waals surface area contributed by atoms with E-state index in [0.29, 0.717) is 0 Å². The molecule has 19 aromatic rings. The van der Waals surface area contributed by atoms with Crippen LogP contribution in [0.1, 0.15) is 0 Å². The van der Waals surface area contributed by atoms with Crippen molar-refractivity contribution in [2.45, 2.75) is 0 Å². The van der Waals surface area contributed by atoms with Gasteiger partial charge in [-0.05, 0) is 224 Å². The minimum Gasteiger partial charge on any atom is -0.311 e. The Morgan fingerprint density at radius 2 is 0.393 bits per heavy atom. The zero-order chi connectivity index (χ0) is 73.0. The van der Waals surface area contributed by atoms with Crippen LogP contribution in [0.4, 0.5) is 102 Å². The van der Waals surface area contributed by atoms with Gasteiger partial charge >= 0.3 is 0 Å². The molecule has 0 saturated heterocycles. The Bertz CT molecular complexity index is 6490. The third-order valence-electron chi connectivity index (χ3n) is 24.4. The van der Waals surface area contributed by atoms with Crippen LogP contribution < -0.4 is 62.2 Å². The Hall–Kier alpha value is -13.9. The molecule has 0 aliphatic carbocycles. The molecule has 6 nitrogen and oxygen atoms in total. The summed E-state index contributed by atoms with van der Waals surface area (Å²) < 4.78 is 5.15. The van der Waals surface area contributed by atoms with Crippen LogP contribution in [0.2, 0.25) is 0 Å². The molecule has 0 atom stereocenters. The molecule has 0 spiro atoms. The van der Waals surface area contributed by atoms with Crippen molar-refractivity contribution in [1.29, 1.82) is 0 Å². The molecule has 17 aromatic carbocycles. The largest absolute Gasteiger partial charge is 0.311 e. The highest BCUT2D eigenvalue weighted by atomic mass is 32.1. The Labute approximate surface area is 656 Å². The molecule has 0 N–H and O–H groups in total. The topological polar surface area (TPSA) is 19.4 Å². The van der Waals surface area contributed by atoms with Crippen molar-refractivity contribution in [3.63, 3.8) is 0 Å². The number of anilines is 18. The third kappa shape index (κ3) is 8.70. The van der Waals surface area contributed by atoms with Gasteiger partial charge in [0.25, 0.3) is 13.4 Å². The maximum atomic E-state index is 2.54. The fraction of sp³-hybridized carbons (Fsp3) is 0. The average Bonchev–Trinajstić information content (AvgIpc) is 0.954. The van der Waals surface area contributed by atoms with E-state index in [2.05, 4.69) is 406 Å². The van der Waals surface area contributed by atoms with Gasteiger partial charge in [-0.25, -0.2) is 0 Å². The lowest BCUT2D eigenvalue weighted by molar-refractivity contribution is 1.22. The summed E-state index contributed by atoms with van der Waals surface area (Å²) in [4.78, 5) is 15.2. The van der Waals surface area contributed by atoms with Gasteiger partial charge in [-0.3, -0.25) is 0 Å². The van der Waals surface area contributed by atoms with Gasteiger partial charge in [0.15, 0.2) is 0 Å². The van der Waals surface area contributed by atoms with Crippen molar-refractivity contribution in [3.8, 4) is 44.5 Å². The first kappa shape index (κ1) is 62.0. The van der Waals surface area contributed by atoms with Gasteiger partial charge in [-0.1, -0.05) is 218 Å². The normalized spacial score (nSPS) is 13.6. The Morgan fingerprint density at radius 3 is 0.652 bits per heavy atom. The van der Waals surface area contributed by atoms with Crippen molar-refractivity contribution in [2.24, 2.45) is 0 Å². The first-order chi connectivity index (χ1) is 55.6. The maximum Gasteiger partial charge on any atom is 0.257 e. The summed E-state index contributed by atoms with van der Waals surface area (Å²) in [5, 5.41) is 5.15. The van der Waals surface area contributed by atoms with Gasteiger partial charge in [-0.2, -0.15) is 0 Å². The first-order valence-corrected chi connectivity index (χ1v) is 40.3. The summed E-state index contributed by atoms with van der Waals surface area (Å²) in [7, 11) is 0. The number of rotatable bonds is 10. The lowest BCUT2D eigenvalue weighted by Crippen LogP contribution is -2.64. The van der Waals surface area contributed by atoms with E-state index in [9.17, 15) is 0 Å². The van der Waals surface area contributed by atoms with Gasteiger partial charge in [-0.15, -0.1) is 22.7 Å². The molecular weight excluding hydrogens is 1390 g/mol. The third-order valence-corrected chi connectivity index (χ3v) is 26.8. The van der Waals surface area contributed by atoms with Crippen LogP contribution in [0.15, 0.2) is 376 Å². The van der Waals surface area contributed by atoms with Crippen LogP contribution >= 0.6 is 22.7 Å². The first-order valence-electron chi connectivity index (χ1n) is 38.6. The second-order valence-corrected chi connectivity index (χ2v) is 32.2. The summed E-state index contributed by atoms with van der Waals surface area (Å²) in [6, 6.07) is 141. The van der Waals surface area contributed by atoms with Crippen LogP contribution in [0, 0.1) is 0 Å². The van der Waals surface area contributed by atoms with E-state index >= 15 is 0 Å². The molecule has 10 heteroatoms. The molecule has 6 aliphatic heterocycles. The highest BCUT2D eigenvalue weighted by Gasteiger charge is 2.52. The monoisotopic (exact) mass is 1460 g/mol. The molecule has 0 bridgehead atoms. The van der Waals surface area contributed by atoms with Crippen LogP contribution in [-0.2, 0) is 0 Å². The maximum absolute atomic E-state index is 2.54. The number of fused-ring (bicyclic) bond motifs is 6. The summed E-state index contributed by atoms with van der Waals surface area (Å²) in [5.41, 5.74) is 38.7. The smallest absolute Gasteiger partial charge is 0.257 e.